The Bertz CT molecular complexity index is 528. The number of nitrogens with zero attached hydrogens (tertiary/aromatic N) is 2. The fourth-order valence-electron chi connectivity index (χ4n) is 1.32. The van der Waals surface area contributed by atoms with Gasteiger partial charge < -0.3 is 0 Å². The quantitative estimate of drug-likeness (QED) is 0.598. The van der Waals surface area contributed by atoms with E-state index < -0.39 is 15.4 Å². The van der Waals surface area contributed by atoms with E-state index in [2.05, 4.69) is 4.36 Å². The number of aryl methyl sites for hydroxylation is 1. The van der Waals surface area contributed by atoms with Crippen LogP contribution in [0, 0.1) is 10.1 Å². The van der Waals surface area contributed by atoms with E-state index in [9.17, 15) is 18.5 Å². The Kier molecular flexibility index (Phi) is 4.12. The Balaban J connectivity index is 3.30. The predicted molar refractivity (Wildman–Crippen MR) is 58.1 cm³/mol. The molecular formula is C9H10N2O4S. The van der Waals surface area contributed by atoms with Crippen LogP contribution in [0.1, 0.15) is 18.9 Å². The summed E-state index contributed by atoms with van der Waals surface area (Å²) in [5.41, 5.74) is 0.373. The van der Waals surface area contributed by atoms with Crippen molar-refractivity contribution < 1.29 is 13.3 Å². The molecule has 0 fully saturated rings. The van der Waals surface area contributed by atoms with Crippen LogP contribution < -0.4 is 0 Å². The predicted octanol–water partition coefficient (Wildman–Crippen LogP) is 2.24. The molecule has 0 aliphatic carbocycles. The Morgan fingerprint density at radius 2 is 2.12 bits per heavy atom. The fraction of sp³-hybridized carbons (Fsp3) is 0.333. The summed E-state index contributed by atoms with van der Waals surface area (Å²) in [5.74, 6) is 0. The summed E-state index contributed by atoms with van der Waals surface area (Å²) in [6.07, 6.45) is 1.57. The molecule has 7 heteroatoms. The van der Waals surface area contributed by atoms with Gasteiger partial charge >= 0.3 is 10.5 Å². The van der Waals surface area contributed by atoms with E-state index in [1.807, 2.05) is 6.92 Å². The number of rotatable bonds is 4. The molecule has 0 bridgehead atoms. The number of hydrogen-bond donors (Lipinski definition) is 0. The Morgan fingerprint density at radius 3 is 2.62 bits per heavy atom. The second-order valence-electron chi connectivity index (χ2n) is 3.14. The molecule has 0 heterocycles. The van der Waals surface area contributed by atoms with Crippen molar-refractivity contribution in [1.29, 1.82) is 0 Å². The van der Waals surface area contributed by atoms with E-state index in [0.717, 1.165) is 12.0 Å². The average Bonchev–Trinajstić information content (AvgIpc) is 2.19. The molecule has 0 atom stereocenters. The highest BCUT2D eigenvalue weighted by molar-refractivity contribution is 7.61. The van der Waals surface area contributed by atoms with E-state index in [0.29, 0.717) is 6.42 Å². The molecule has 0 spiro atoms. The van der Waals surface area contributed by atoms with Gasteiger partial charge in [0.25, 0.3) is 5.69 Å². The van der Waals surface area contributed by atoms with E-state index >= 15 is 0 Å². The van der Waals surface area contributed by atoms with Crippen LogP contribution in [0.4, 0.5) is 11.4 Å². The molecule has 0 aliphatic rings. The van der Waals surface area contributed by atoms with Crippen molar-refractivity contribution in [3.05, 3.63) is 33.9 Å². The first kappa shape index (κ1) is 12.3. The lowest BCUT2D eigenvalue weighted by Crippen LogP contribution is -1.91. The molecule has 0 aromatic heterocycles. The first-order valence-corrected chi connectivity index (χ1v) is 5.66. The van der Waals surface area contributed by atoms with Gasteiger partial charge in [-0.1, -0.05) is 19.4 Å². The molecule has 0 amide bonds. The van der Waals surface area contributed by atoms with Gasteiger partial charge in [-0.3, -0.25) is 10.1 Å². The summed E-state index contributed by atoms with van der Waals surface area (Å²) in [5, 5.41) is 10.7. The van der Waals surface area contributed by atoms with Crippen LogP contribution in [-0.4, -0.2) is 13.3 Å². The minimum atomic E-state index is -2.68. The van der Waals surface area contributed by atoms with Crippen molar-refractivity contribution >= 4 is 21.9 Å². The molecule has 0 unspecified atom stereocenters. The van der Waals surface area contributed by atoms with E-state index in [1.165, 1.54) is 12.1 Å². The fourth-order valence-corrected chi connectivity index (χ4v) is 1.63. The largest absolute Gasteiger partial charge is 0.316 e. The number of nitro groups is 1. The summed E-state index contributed by atoms with van der Waals surface area (Å²) >= 11 is 0. The third kappa shape index (κ3) is 3.13. The van der Waals surface area contributed by atoms with Gasteiger partial charge in [-0.25, -0.2) is 0 Å². The lowest BCUT2D eigenvalue weighted by molar-refractivity contribution is -0.384. The van der Waals surface area contributed by atoms with E-state index in [1.54, 1.807) is 6.07 Å². The van der Waals surface area contributed by atoms with Crippen LogP contribution in [0.15, 0.2) is 22.6 Å². The SMILES string of the molecule is CCCc1ccc(N=S(=O)=O)c([N+](=O)[O-])c1. The smallest absolute Gasteiger partial charge is 0.258 e. The van der Waals surface area contributed by atoms with Gasteiger partial charge in [0, 0.05) is 6.07 Å². The molecular weight excluding hydrogens is 232 g/mol. The van der Waals surface area contributed by atoms with Crippen molar-refractivity contribution in [1.82, 2.24) is 0 Å². The van der Waals surface area contributed by atoms with Gasteiger partial charge in [-0.2, -0.15) is 8.42 Å². The van der Waals surface area contributed by atoms with Gasteiger partial charge in [0.1, 0.15) is 0 Å². The third-order valence-electron chi connectivity index (χ3n) is 1.95. The Labute approximate surface area is 93.8 Å². The minimum Gasteiger partial charge on any atom is -0.258 e. The summed E-state index contributed by atoms with van der Waals surface area (Å²) < 4.78 is 23.9. The van der Waals surface area contributed by atoms with Crippen LogP contribution in [0.25, 0.3) is 0 Å². The van der Waals surface area contributed by atoms with Gasteiger partial charge in [0.05, 0.1) is 4.92 Å². The molecule has 6 nitrogen and oxygen atoms in total. The highest BCUT2D eigenvalue weighted by atomic mass is 32.2. The lowest BCUT2D eigenvalue weighted by atomic mass is 10.1. The molecule has 86 valence electrons. The molecule has 0 saturated carbocycles. The third-order valence-corrected chi connectivity index (χ3v) is 2.29. The maximum atomic E-state index is 10.7. The Hall–Kier alpha value is -1.76. The van der Waals surface area contributed by atoms with Gasteiger partial charge in [-0.05, 0) is 18.1 Å². The molecule has 0 aliphatic heterocycles. The monoisotopic (exact) mass is 242 g/mol. The number of nitro benzene ring substituents is 1. The topological polar surface area (TPSA) is 89.6 Å². The highest BCUT2D eigenvalue weighted by Crippen LogP contribution is 2.28. The van der Waals surface area contributed by atoms with Gasteiger partial charge in [0.15, 0.2) is 5.69 Å². The summed E-state index contributed by atoms with van der Waals surface area (Å²) in [6.45, 7) is 1.96. The molecule has 1 rings (SSSR count). The maximum absolute atomic E-state index is 10.7. The lowest BCUT2D eigenvalue weighted by Gasteiger charge is -2.00. The molecule has 0 saturated heterocycles. The normalized spacial score (nSPS) is 9.81. The maximum Gasteiger partial charge on any atom is 0.316 e. The Morgan fingerprint density at radius 1 is 1.44 bits per heavy atom. The molecule has 1 aromatic rings. The summed E-state index contributed by atoms with van der Waals surface area (Å²) in [7, 11) is -2.68. The van der Waals surface area contributed by atoms with E-state index in [4.69, 9.17) is 0 Å². The van der Waals surface area contributed by atoms with Crippen molar-refractivity contribution in [2.45, 2.75) is 19.8 Å². The van der Waals surface area contributed by atoms with Crippen LogP contribution in [-0.2, 0) is 16.9 Å². The van der Waals surface area contributed by atoms with Crippen molar-refractivity contribution in [3.63, 3.8) is 0 Å². The zero-order valence-electron chi connectivity index (χ0n) is 8.58. The zero-order valence-corrected chi connectivity index (χ0v) is 9.40. The van der Waals surface area contributed by atoms with Crippen LogP contribution >= 0.6 is 0 Å². The summed E-state index contributed by atoms with van der Waals surface area (Å²) in [4.78, 5) is 10.1. The molecule has 1 aromatic carbocycles. The average molecular weight is 242 g/mol. The zero-order chi connectivity index (χ0) is 12.1. The second-order valence-corrected chi connectivity index (χ2v) is 3.76. The van der Waals surface area contributed by atoms with Crippen molar-refractivity contribution in [2.24, 2.45) is 4.36 Å². The van der Waals surface area contributed by atoms with Crippen molar-refractivity contribution in [2.75, 3.05) is 0 Å². The van der Waals surface area contributed by atoms with Gasteiger partial charge in [-0.15, -0.1) is 4.36 Å². The first-order valence-electron chi connectivity index (χ1n) is 4.63. The van der Waals surface area contributed by atoms with Crippen LogP contribution in [0.3, 0.4) is 0 Å². The van der Waals surface area contributed by atoms with Crippen LogP contribution in [0.2, 0.25) is 0 Å². The van der Waals surface area contributed by atoms with E-state index in [-0.39, 0.29) is 11.4 Å². The molecule has 0 N–H and O–H groups in total. The molecule has 0 radical (unpaired) electrons. The summed E-state index contributed by atoms with van der Waals surface area (Å²) in [6, 6.07) is 4.34. The first-order chi connectivity index (χ1) is 7.54. The highest BCUT2D eigenvalue weighted by Gasteiger charge is 2.14. The van der Waals surface area contributed by atoms with Crippen LogP contribution in [0.5, 0.6) is 0 Å². The number of hydrogen-bond acceptors (Lipinski definition) is 5. The minimum absolute atomic E-state index is 0.141. The number of benzene rings is 1. The van der Waals surface area contributed by atoms with Gasteiger partial charge in [0.2, 0.25) is 0 Å². The molecule has 16 heavy (non-hydrogen) atoms. The second kappa shape index (κ2) is 5.36. The van der Waals surface area contributed by atoms with Crippen molar-refractivity contribution in [3.8, 4) is 0 Å². The standard InChI is InChI=1S/C9H10N2O4S/c1-2-3-7-4-5-8(10-16(14)15)9(6-7)11(12)13/h4-6H,2-3H2,1H3.